The van der Waals surface area contributed by atoms with Gasteiger partial charge >= 0.3 is 0 Å². The van der Waals surface area contributed by atoms with Crippen molar-refractivity contribution < 1.29 is 4.79 Å². The van der Waals surface area contributed by atoms with E-state index < -0.39 is 0 Å². The second-order valence-corrected chi connectivity index (χ2v) is 4.11. The second-order valence-electron chi connectivity index (χ2n) is 4.11. The molecule has 0 aromatic heterocycles. The lowest BCUT2D eigenvalue weighted by Crippen LogP contribution is -2.32. The number of carbonyl (C=O) groups is 1. The molecule has 0 atom stereocenters. The lowest BCUT2D eigenvalue weighted by molar-refractivity contribution is 0.0980. The number of Topliss-reactive ketones (excluding diaryl/α,β-unsaturated/α-hetero) is 1. The summed E-state index contributed by atoms with van der Waals surface area (Å²) < 4.78 is 0. The molecule has 0 N–H and O–H groups in total. The molecule has 0 amide bonds. The molecule has 0 unspecified atom stereocenters. The summed E-state index contributed by atoms with van der Waals surface area (Å²) in [7, 11) is 0. The zero-order chi connectivity index (χ0) is 11.4. The molecule has 0 aliphatic carbocycles. The van der Waals surface area contributed by atoms with Gasteiger partial charge in [0.1, 0.15) is 0 Å². The summed E-state index contributed by atoms with van der Waals surface area (Å²) in [6.45, 7) is 5.59. The molecule has 0 spiro atoms. The minimum Gasteiger partial charge on any atom is -0.370 e. The molecule has 1 aliphatic heterocycles. The predicted octanol–water partition coefficient (Wildman–Crippen LogP) is 3.05. The van der Waals surface area contributed by atoms with Crippen LogP contribution < -0.4 is 4.90 Å². The van der Waals surface area contributed by atoms with Crippen molar-refractivity contribution in [3.05, 3.63) is 42.5 Å². The van der Waals surface area contributed by atoms with E-state index in [1.54, 1.807) is 0 Å². The molecule has 0 fully saturated rings. The fourth-order valence-corrected chi connectivity index (χ4v) is 2.14. The number of unbranched alkanes of at least 4 members (excludes halogenated alkanes) is 1. The number of rotatable bonds is 4. The third-order valence-electron chi connectivity index (χ3n) is 2.99. The summed E-state index contributed by atoms with van der Waals surface area (Å²) in [6, 6.07) is 7.90. The van der Waals surface area contributed by atoms with Crippen molar-refractivity contribution in [1.29, 1.82) is 0 Å². The Hall–Kier alpha value is -1.57. The van der Waals surface area contributed by atoms with E-state index in [0.717, 1.165) is 37.2 Å². The van der Waals surface area contributed by atoms with Crippen molar-refractivity contribution in [1.82, 2.24) is 0 Å². The van der Waals surface area contributed by atoms with Gasteiger partial charge in [0.15, 0.2) is 5.78 Å². The van der Waals surface area contributed by atoms with Crippen LogP contribution in [0, 0.1) is 0 Å². The third kappa shape index (κ3) is 2.16. The van der Waals surface area contributed by atoms with Crippen molar-refractivity contribution >= 4 is 11.5 Å². The second kappa shape index (κ2) is 4.97. The van der Waals surface area contributed by atoms with Gasteiger partial charge in [0.25, 0.3) is 0 Å². The van der Waals surface area contributed by atoms with Crippen LogP contribution in [-0.2, 0) is 0 Å². The number of anilines is 1. The fourth-order valence-electron chi connectivity index (χ4n) is 2.14. The van der Waals surface area contributed by atoms with E-state index >= 15 is 0 Å². The summed E-state index contributed by atoms with van der Waals surface area (Å²) in [5.41, 5.74) is 1.98. The van der Waals surface area contributed by atoms with Gasteiger partial charge in [-0.25, -0.2) is 0 Å². The average molecular weight is 215 g/mol. The van der Waals surface area contributed by atoms with Crippen molar-refractivity contribution in [3.63, 3.8) is 0 Å². The quantitative estimate of drug-likeness (QED) is 0.568. The van der Waals surface area contributed by atoms with Gasteiger partial charge in [-0.3, -0.25) is 4.79 Å². The maximum atomic E-state index is 11.7. The van der Waals surface area contributed by atoms with Crippen LogP contribution in [0.2, 0.25) is 0 Å². The molecule has 16 heavy (non-hydrogen) atoms. The van der Waals surface area contributed by atoms with Crippen molar-refractivity contribution in [3.8, 4) is 0 Å². The first-order chi connectivity index (χ1) is 7.83. The van der Waals surface area contributed by atoms with Gasteiger partial charge in [0, 0.05) is 30.8 Å². The van der Waals surface area contributed by atoms with E-state index in [4.69, 9.17) is 0 Å². The van der Waals surface area contributed by atoms with Crippen LogP contribution in [0.25, 0.3) is 0 Å². The van der Waals surface area contributed by atoms with Gasteiger partial charge in [-0.05, 0) is 25.0 Å². The molecular weight excluding hydrogens is 198 g/mol. The Balaban J connectivity index is 2.14. The standard InChI is InChI=1S/C14H17NO/c1-2-3-6-10-15-11-9-14(16)12-7-4-5-8-13(12)15/h2,4-5,7-8H,1,3,6,9-11H2. The molecule has 0 saturated carbocycles. The Bertz CT molecular complexity index is 397. The molecule has 0 saturated heterocycles. The highest BCUT2D eigenvalue weighted by Crippen LogP contribution is 2.26. The minimum atomic E-state index is 0.274. The number of carbonyl (C=O) groups excluding carboxylic acids is 1. The van der Waals surface area contributed by atoms with Crippen molar-refractivity contribution in [2.75, 3.05) is 18.0 Å². The van der Waals surface area contributed by atoms with Crippen LogP contribution in [0.4, 0.5) is 5.69 Å². The van der Waals surface area contributed by atoms with E-state index in [0.29, 0.717) is 6.42 Å². The molecule has 2 heteroatoms. The Morgan fingerprint density at radius 1 is 1.38 bits per heavy atom. The first-order valence-corrected chi connectivity index (χ1v) is 5.81. The molecule has 1 aromatic carbocycles. The zero-order valence-corrected chi connectivity index (χ0v) is 9.48. The molecular formula is C14H17NO. The molecule has 0 bridgehead atoms. The van der Waals surface area contributed by atoms with Crippen LogP contribution in [0.5, 0.6) is 0 Å². The third-order valence-corrected chi connectivity index (χ3v) is 2.99. The zero-order valence-electron chi connectivity index (χ0n) is 9.48. The van der Waals surface area contributed by atoms with Crippen LogP contribution in [0.15, 0.2) is 36.9 Å². The number of para-hydroxylation sites is 1. The van der Waals surface area contributed by atoms with Crippen LogP contribution in [-0.4, -0.2) is 18.9 Å². The Kier molecular flexibility index (Phi) is 3.40. The number of nitrogens with zero attached hydrogens (tertiary/aromatic N) is 1. The topological polar surface area (TPSA) is 20.3 Å². The molecule has 1 aromatic rings. The van der Waals surface area contributed by atoms with Gasteiger partial charge in [0.05, 0.1) is 0 Å². The predicted molar refractivity (Wildman–Crippen MR) is 67.0 cm³/mol. The van der Waals surface area contributed by atoms with Crippen LogP contribution >= 0.6 is 0 Å². The Morgan fingerprint density at radius 3 is 3.00 bits per heavy atom. The maximum Gasteiger partial charge on any atom is 0.166 e. The van der Waals surface area contributed by atoms with E-state index in [2.05, 4.69) is 11.5 Å². The normalized spacial score (nSPS) is 14.8. The monoisotopic (exact) mass is 215 g/mol. The van der Waals surface area contributed by atoms with Crippen molar-refractivity contribution in [2.45, 2.75) is 19.3 Å². The fraction of sp³-hybridized carbons (Fsp3) is 0.357. The van der Waals surface area contributed by atoms with E-state index in [1.165, 1.54) is 0 Å². The van der Waals surface area contributed by atoms with Crippen LogP contribution in [0.1, 0.15) is 29.6 Å². The summed E-state index contributed by atoms with van der Waals surface area (Å²) in [4.78, 5) is 14.0. The molecule has 2 nitrogen and oxygen atoms in total. The van der Waals surface area contributed by atoms with Gasteiger partial charge in [-0.15, -0.1) is 6.58 Å². The molecule has 1 aliphatic rings. The highest BCUT2D eigenvalue weighted by Gasteiger charge is 2.21. The van der Waals surface area contributed by atoms with Gasteiger partial charge in [-0.2, -0.15) is 0 Å². The summed E-state index contributed by atoms with van der Waals surface area (Å²) >= 11 is 0. The number of fused-ring (bicyclic) bond motifs is 1. The largest absolute Gasteiger partial charge is 0.370 e. The maximum absolute atomic E-state index is 11.7. The first-order valence-electron chi connectivity index (χ1n) is 5.81. The highest BCUT2D eigenvalue weighted by molar-refractivity contribution is 6.03. The lowest BCUT2D eigenvalue weighted by atomic mass is 10.0. The highest BCUT2D eigenvalue weighted by atomic mass is 16.1. The van der Waals surface area contributed by atoms with Crippen molar-refractivity contribution in [2.24, 2.45) is 0 Å². The van der Waals surface area contributed by atoms with Crippen LogP contribution in [0.3, 0.4) is 0 Å². The Morgan fingerprint density at radius 2 is 2.19 bits per heavy atom. The lowest BCUT2D eigenvalue weighted by Gasteiger charge is -2.30. The smallest absolute Gasteiger partial charge is 0.166 e. The molecule has 84 valence electrons. The average Bonchev–Trinajstić information content (AvgIpc) is 2.33. The van der Waals surface area contributed by atoms with Gasteiger partial charge in [0.2, 0.25) is 0 Å². The molecule has 1 heterocycles. The SMILES string of the molecule is C=CCCCN1CCC(=O)c2ccccc21. The number of ketones is 1. The summed E-state index contributed by atoms with van der Waals surface area (Å²) in [6.07, 6.45) is 4.73. The minimum absolute atomic E-state index is 0.274. The van der Waals surface area contributed by atoms with E-state index in [1.807, 2.05) is 30.3 Å². The number of allylic oxidation sites excluding steroid dienone is 1. The molecule has 2 rings (SSSR count). The summed E-state index contributed by atoms with van der Waals surface area (Å²) in [5.74, 6) is 0.274. The number of hydrogen-bond acceptors (Lipinski definition) is 2. The first kappa shape index (κ1) is 10.9. The molecule has 0 radical (unpaired) electrons. The number of hydrogen-bond donors (Lipinski definition) is 0. The van der Waals surface area contributed by atoms with E-state index in [9.17, 15) is 4.79 Å². The van der Waals surface area contributed by atoms with Gasteiger partial charge in [-0.1, -0.05) is 18.2 Å². The van der Waals surface area contributed by atoms with E-state index in [-0.39, 0.29) is 5.78 Å². The van der Waals surface area contributed by atoms with Gasteiger partial charge < -0.3 is 4.90 Å². The Labute approximate surface area is 96.6 Å². The number of benzene rings is 1. The summed E-state index contributed by atoms with van der Waals surface area (Å²) in [5, 5.41) is 0.